The van der Waals surface area contributed by atoms with Crippen molar-refractivity contribution in [2.75, 3.05) is 0 Å². The summed E-state index contributed by atoms with van der Waals surface area (Å²) >= 11 is 0. The second-order valence-electron chi connectivity index (χ2n) is 8.15. The summed E-state index contributed by atoms with van der Waals surface area (Å²) in [4.78, 5) is 25.7. The Morgan fingerprint density at radius 2 is 1.91 bits per heavy atom. The normalized spacial score (nSPS) is 22.1. The van der Waals surface area contributed by atoms with E-state index >= 15 is 0 Å². The lowest BCUT2D eigenvalue weighted by Gasteiger charge is -2.42. The number of amides is 2. The molecule has 2 atom stereocenters. The van der Waals surface area contributed by atoms with E-state index in [4.69, 9.17) is 4.42 Å². The van der Waals surface area contributed by atoms with E-state index in [1.54, 1.807) is 0 Å². The van der Waals surface area contributed by atoms with Gasteiger partial charge < -0.3 is 14.6 Å². The van der Waals surface area contributed by atoms with Crippen LogP contribution in [0.15, 0.2) is 22.6 Å². The van der Waals surface area contributed by atoms with E-state index in [2.05, 4.69) is 10.2 Å². The maximum absolute atomic E-state index is 14.7. The molecule has 1 aromatic heterocycles. The van der Waals surface area contributed by atoms with Gasteiger partial charge in [-0.2, -0.15) is 17.6 Å². The summed E-state index contributed by atoms with van der Waals surface area (Å²) < 4.78 is 112. The molecule has 7 nitrogen and oxygen atoms in total. The van der Waals surface area contributed by atoms with Crippen molar-refractivity contribution in [2.24, 2.45) is 0 Å². The number of nitrogens with zero attached hydrogens (tertiary/aromatic N) is 3. The Kier molecular flexibility index (Phi) is 6.21. The third kappa shape index (κ3) is 4.43. The fourth-order valence-corrected chi connectivity index (χ4v) is 4.19. The zero-order valence-electron chi connectivity index (χ0n) is 17.5. The highest BCUT2D eigenvalue weighted by molar-refractivity contribution is 5.99. The Balaban J connectivity index is 1.60. The smallest absolute Gasteiger partial charge is 0.383 e. The number of alkyl halides is 8. The molecule has 0 spiro atoms. The Bertz CT molecular complexity index is 1140. The molecule has 15 heteroatoms. The first-order valence-electron chi connectivity index (χ1n) is 10.2. The van der Waals surface area contributed by atoms with Gasteiger partial charge in [0.2, 0.25) is 5.89 Å². The van der Waals surface area contributed by atoms with Crippen molar-refractivity contribution < 1.29 is 49.1 Å². The van der Waals surface area contributed by atoms with E-state index in [1.165, 1.54) is 23.5 Å². The average molecular weight is 512 g/mol. The standard InChI is InChI=1S/C20H16F8N4O3/c21-13(22)15-31-30-14(35-15)8-3-4-9-7-32(16(33)10(9)6-8)11-2-1-5-19(25,26)12(11)29-18(34)20(27,28)17(23)24/h3-4,6,11-13,17H,1-2,5,7H2,(H,29,34)/t11-,12-/m1/s1. The summed E-state index contributed by atoms with van der Waals surface area (Å²) in [6, 6.07) is 0.175. The molecule has 4 rings (SSSR count). The van der Waals surface area contributed by atoms with Gasteiger partial charge in [-0.1, -0.05) is 6.07 Å². The van der Waals surface area contributed by atoms with E-state index in [9.17, 15) is 44.7 Å². The molecule has 2 amide bonds. The molecule has 0 unspecified atom stereocenters. The van der Waals surface area contributed by atoms with Gasteiger partial charge in [0.25, 0.3) is 23.6 Å². The minimum absolute atomic E-state index is 0.0174. The minimum atomic E-state index is -5.20. The van der Waals surface area contributed by atoms with Crippen molar-refractivity contribution in [3.63, 3.8) is 0 Å². The molecule has 1 aliphatic heterocycles. The maximum Gasteiger partial charge on any atom is 0.383 e. The van der Waals surface area contributed by atoms with Crippen LogP contribution in [0.5, 0.6) is 0 Å². The second-order valence-corrected chi connectivity index (χ2v) is 8.15. The fraction of sp³-hybridized carbons (Fsp3) is 0.500. The van der Waals surface area contributed by atoms with E-state index < -0.39 is 60.9 Å². The molecular formula is C20H16F8N4O3. The monoisotopic (exact) mass is 512 g/mol. The zero-order valence-corrected chi connectivity index (χ0v) is 17.5. The number of benzene rings is 1. The Labute approximate surface area is 191 Å². The highest BCUT2D eigenvalue weighted by Gasteiger charge is 2.56. The lowest BCUT2D eigenvalue weighted by molar-refractivity contribution is -0.175. The van der Waals surface area contributed by atoms with Gasteiger partial charge in [0.1, 0.15) is 6.04 Å². The van der Waals surface area contributed by atoms with Crippen LogP contribution in [0.2, 0.25) is 0 Å². The molecule has 1 saturated carbocycles. The summed E-state index contributed by atoms with van der Waals surface area (Å²) in [5.74, 6) is -13.6. The van der Waals surface area contributed by atoms with Crippen LogP contribution in [0.1, 0.15) is 47.5 Å². The minimum Gasteiger partial charge on any atom is -0.415 e. The van der Waals surface area contributed by atoms with Crippen LogP contribution < -0.4 is 5.32 Å². The second kappa shape index (κ2) is 8.75. The molecule has 2 aromatic rings. The molecule has 0 saturated heterocycles. The first-order valence-corrected chi connectivity index (χ1v) is 10.2. The van der Waals surface area contributed by atoms with Crippen molar-refractivity contribution in [1.29, 1.82) is 0 Å². The van der Waals surface area contributed by atoms with E-state index in [0.717, 1.165) is 4.90 Å². The van der Waals surface area contributed by atoms with Crippen LogP contribution in [-0.2, 0) is 11.3 Å². The highest BCUT2D eigenvalue weighted by Crippen LogP contribution is 2.40. The van der Waals surface area contributed by atoms with Crippen LogP contribution in [-0.4, -0.2) is 57.3 Å². The number of fused-ring (bicyclic) bond motifs is 1. The molecule has 1 fully saturated rings. The molecule has 0 radical (unpaired) electrons. The number of rotatable bonds is 6. The summed E-state index contributed by atoms with van der Waals surface area (Å²) in [6.07, 6.45) is -8.49. The van der Waals surface area contributed by atoms with Gasteiger partial charge in [-0.3, -0.25) is 9.59 Å². The predicted molar refractivity (Wildman–Crippen MR) is 100 cm³/mol. The largest absolute Gasteiger partial charge is 0.415 e. The Morgan fingerprint density at radius 3 is 2.54 bits per heavy atom. The predicted octanol–water partition coefficient (Wildman–Crippen LogP) is 4.20. The maximum atomic E-state index is 14.7. The van der Waals surface area contributed by atoms with E-state index in [1.807, 2.05) is 0 Å². The van der Waals surface area contributed by atoms with Gasteiger partial charge in [0.05, 0.1) is 6.04 Å². The third-order valence-corrected chi connectivity index (χ3v) is 5.93. The van der Waals surface area contributed by atoms with E-state index in [0.29, 0.717) is 5.56 Å². The molecule has 35 heavy (non-hydrogen) atoms. The van der Waals surface area contributed by atoms with Gasteiger partial charge in [-0.05, 0) is 30.5 Å². The van der Waals surface area contributed by atoms with Crippen LogP contribution in [0.3, 0.4) is 0 Å². The van der Waals surface area contributed by atoms with Crippen LogP contribution >= 0.6 is 0 Å². The molecule has 0 bridgehead atoms. The lowest BCUT2D eigenvalue weighted by atomic mass is 9.85. The van der Waals surface area contributed by atoms with Crippen molar-refractivity contribution in [2.45, 2.75) is 62.6 Å². The van der Waals surface area contributed by atoms with Gasteiger partial charge in [-0.15, -0.1) is 10.2 Å². The molecule has 2 aliphatic rings. The van der Waals surface area contributed by atoms with Crippen LogP contribution in [0, 0.1) is 0 Å². The Morgan fingerprint density at radius 1 is 1.20 bits per heavy atom. The first-order chi connectivity index (χ1) is 16.3. The molecule has 190 valence electrons. The van der Waals surface area contributed by atoms with Gasteiger partial charge in [0.15, 0.2) is 0 Å². The van der Waals surface area contributed by atoms with Crippen molar-refractivity contribution in [3.05, 3.63) is 35.2 Å². The van der Waals surface area contributed by atoms with Crippen molar-refractivity contribution in [3.8, 4) is 11.5 Å². The highest BCUT2D eigenvalue weighted by atomic mass is 19.3. The number of nitrogens with one attached hydrogen (secondary N) is 1. The quantitative estimate of drug-likeness (QED) is 0.587. The third-order valence-electron chi connectivity index (χ3n) is 5.93. The number of carbonyl (C=O) groups is 2. The number of carbonyl (C=O) groups excluding carboxylic acids is 2. The van der Waals surface area contributed by atoms with Gasteiger partial charge >= 0.3 is 18.8 Å². The zero-order chi connectivity index (χ0) is 25.7. The topological polar surface area (TPSA) is 88.3 Å². The average Bonchev–Trinajstić information content (AvgIpc) is 3.40. The van der Waals surface area contributed by atoms with E-state index in [-0.39, 0.29) is 36.4 Å². The molecule has 2 heterocycles. The van der Waals surface area contributed by atoms with Gasteiger partial charge in [0, 0.05) is 24.1 Å². The van der Waals surface area contributed by atoms with Crippen molar-refractivity contribution >= 4 is 11.8 Å². The number of halogens is 8. The molecular weight excluding hydrogens is 496 g/mol. The summed E-state index contributed by atoms with van der Waals surface area (Å²) in [6.45, 7) is -0.237. The number of aromatic nitrogens is 2. The first kappa shape index (κ1) is 24.9. The fourth-order valence-electron chi connectivity index (χ4n) is 4.19. The van der Waals surface area contributed by atoms with Crippen LogP contribution in [0.4, 0.5) is 35.1 Å². The summed E-state index contributed by atoms with van der Waals surface area (Å²) in [5.41, 5.74) is 0.411. The Hall–Kier alpha value is -3.26. The summed E-state index contributed by atoms with van der Waals surface area (Å²) in [7, 11) is 0. The lowest BCUT2D eigenvalue weighted by Crippen LogP contribution is -2.64. The summed E-state index contributed by atoms with van der Waals surface area (Å²) in [5, 5.41) is 7.98. The number of hydrogen-bond acceptors (Lipinski definition) is 5. The molecule has 1 aromatic carbocycles. The molecule has 1 N–H and O–H groups in total. The van der Waals surface area contributed by atoms with Crippen LogP contribution in [0.25, 0.3) is 11.5 Å². The SMILES string of the molecule is O=C1c2cc(-c3nnc(C(F)F)o3)ccc2CN1[C@@H]1CCCC(F)(F)[C@@H]1NC(=O)C(F)(F)C(F)F. The molecule has 1 aliphatic carbocycles. The van der Waals surface area contributed by atoms with Gasteiger partial charge in [-0.25, -0.2) is 17.6 Å². The number of hydrogen-bond donors (Lipinski definition) is 1. The van der Waals surface area contributed by atoms with Crippen molar-refractivity contribution in [1.82, 2.24) is 20.4 Å².